The number of nitrogens with zero attached hydrogens (tertiary/aromatic N) is 2. The van der Waals surface area contributed by atoms with E-state index in [1.807, 2.05) is 35.8 Å². The monoisotopic (exact) mass is 389 g/mol. The first-order valence-corrected chi connectivity index (χ1v) is 10.3. The van der Waals surface area contributed by atoms with Crippen LogP contribution in [0.4, 0.5) is 0 Å². The number of unbranched alkanes of at least 4 members (excludes halogenated alkanes) is 1. The average Bonchev–Trinajstić information content (AvgIpc) is 3.04. The third-order valence-electron chi connectivity index (χ3n) is 4.76. The number of fused-ring (bicyclic) bond motifs is 1. The number of hydrogen-bond acceptors (Lipinski definition) is 3. The van der Waals surface area contributed by atoms with E-state index in [1.165, 1.54) is 19.3 Å². The smallest absolute Gasteiger partial charge is 0.258 e. The van der Waals surface area contributed by atoms with Crippen molar-refractivity contribution >= 4 is 34.3 Å². The fourth-order valence-electron chi connectivity index (χ4n) is 3.11. The van der Waals surface area contributed by atoms with Gasteiger partial charge >= 0.3 is 0 Å². The van der Waals surface area contributed by atoms with E-state index in [-0.39, 0.29) is 12.5 Å². The van der Waals surface area contributed by atoms with Crippen LogP contribution in [0.5, 0.6) is 0 Å². The van der Waals surface area contributed by atoms with Gasteiger partial charge < -0.3 is 9.88 Å². The summed E-state index contributed by atoms with van der Waals surface area (Å²) in [6.45, 7) is 7.46. The van der Waals surface area contributed by atoms with E-state index >= 15 is 0 Å². The van der Waals surface area contributed by atoms with Crippen molar-refractivity contribution < 1.29 is 4.79 Å². The number of aryl methyl sites for hydroxylation is 1. The lowest BCUT2D eigenvalue weighted by Crippen LogP contribution is -2.48. The highest BCUT2D eigenvalue weighted by molar-refractivity contribution is 7.80. The largest absolute Gasteiger partial charge is 0.361 e. The number of aromatic nitrogens is 2. The van der Waals surface area contributed by atoms with Crippen LogP contribution in [0.3, 0.4) is 0 Å². The average molecular weight is 390 g/mol. The maximum absolute atomic E-state index is 12.4. The minimum atomic E-state index is -0.157. The quantitative estimate of drug-likeness (QED) is 0.453. The molecule has 2 aromatic rings. The van der Waals surface area contributed by atoms with Crippen LogP contribution in [0.1, 0.15) is 52.3 Å². The van der Waals surface area contributed by atoms with Crippen LogP contribution < -0.4 is 16.2 Å². The molecule has 6 nitrogen and oxygen atoms in total. The zero-order chi connectivity index (χ0) is 19.6. The first-order chi connectivity index (χ1) is 13.1. The van der Waals surface area contributed by atoms with Crippen molar-refractivity contribution in [3.8, 4) is 0 Å². The van der Waals surface area contributed by atoms with Crippen LogP contribution in [-0.2, 0) is 17.8 Å². The molecule has 2 rings (SSSR count). The number of rotatable bonds is 9. The third-order valence-corrected chi connectivity index (χ3v) is 5.01. The third kappa shape index (κ3) is 6.20. The van der Waals surface area contributed by atoms with Gasteiger partial charge in [0, 0.05) is 13.0 Å². The highest BCUT2D eigenvalue weighted by atomic mass is 32.1. The molecule has 148 valence electrons. The summed E-state index contributed by atoms with van der Waals surface area (Å²) in [5.74, 6) is 1.34. The molecule has 7 heteroatoms. The zero-order valence-corrected chi connectivity index (χ0v) is 17.4. The molecule has 0 spiro atoms. The number of thiocarbonyl (C=S) groups is 1. The normalized spacial score (nSPS) is 12.0. The van der Waals surface area contributed by atoms with Gasteiger partial charge in [-0.3, -0.25) is 15.6 Å². The zero-order valence-electron chi connectivity index (χ0n) is 16.5. The molecule has 1 aromatic heterocycles. The van der Waals surface area contributed by atoms with Crippen molar-refractivity contribution in [3.05, 3.63) is 30.1 Å². The Hall–Kier alpha value is -2.15. The molecule has 1 atom stereocenters. The number of hydrazine groups is 1. The molecule has 0 saturated carbocycles. The van der Waals surface area contributed by atoms with Gasteiger partial charge in [-0.2, -0.15) is 0 Å². The molecule has 1 heterocycles. The van der Waals surface area contributed by atoms with E-state index in [4.69, 9.17) is 12.2 Å². The fraction of sp³-hybridized carbons (Fsp3) is 0.550. The Bertz CT molecular complexity index is 758. The van der Waals surface area contributed by atoms with Crippen LogP contribution >= 0.6 is 12.2 Å². The van der Waals surface area contributed by atoms with Gasteiger partial charge in [0.1, 0.15) is 12.4 Å². The fourth-order valence-corrected chi connectivity index (χ4v) is 3.24. The van der Waals surface area contributed by atoms with Gasteiger partial charge in [0.05, 0.1) is 11.0 Å². The molecule has 0 bridgehead atoms. The van der Waals surface area contributed by atoms with Gasteiger partial charge in [-0.1, -0.05) is 52.2 Å². The molecule has 0 unspecified atom stereocenters. The highest BCUT2D eigenvalue weighted by Gasteiger charge is 2.12. The molecule has 0 fully saturated rings. The van der Waals surface area contributed by atoms with Gasteiger partial charge in [0.25, 0.3) is 5.91 Å². The van der Waals surface area contributed by atoms with E-state index in [0.29, 0.717) is 11.0 Å². The molecular formula is C20H31N5OS. The maximum Gasteiger partial charge on any atom is 0.258 e. The van der Waals surface area contributed by atoms with Crippen LogP contribution in [0.2, 0.25) is 0 Å². The van der Waals surface area contributed by atoms with Crippen LogP contribution in [0, 0.1) is 5.92 Å². The summed E-state index contributed by atoms with van der Waals surface area (Å²) in [6, 6.07) is 7.85. The number of imidazole rings is 1. The summed E-state index contributed by atoms with van der Waals surface area (Å²) in [6.07, 6.45) is 5.52. The Morgan fingerprint density at radius 1 is 1.22 bits per heavy atom. The van der Waals surface area contributed by atoms with Crippen molar-refractivity contribution in [2.24, 2.45) is 5.92 Å². The summed E-state index contributed by atoms with van der Waals surface area (Å²) < 4.78 is 1.95. The highest BCUT2D eigenvalue weighted by Crippen LogP contribution is 2.16. The Morgan fingerprint density at radius 3 is 2.70 bits per heavy atom. The lowest BCUT2D eigenvalue weighted by Gasteiger charge is -2.17. The molecule has 0 saturated heterocycles. The first kappa shape index (κ1) is 21.2. The molecule has 0 radical (unpaired) electrons. The Morgan fingerprint density at radius 2 is 2.00 bits per heavy atom. The van der Waals surface area contributed by atoms with E-state index in [1.54, 1.807) is 0 Å². The predicted octanol–water partition coefficient (Wildman–Crippen LogP) is 3.31. The van der Waals surface area contributed by atoms with Gasteiger partial charge in [0.15, 0.2) is 5.11 Å². The predicted molar refractivity (Wildman–Crippen MR) is 114 cm³/mol. The van der Waals surface area contributed by atoms with Gasteiger partial charge in [0.2, 0.25) is 0 Å². The Labute approximate surface area is 167 Å². The van der Waals surface area contributed by atoms with Crippen molar-refractivity contribution in [2.75, 3.05) is 6.54 Å². The molecule has 1 amide bonds. The Kier molecular flexibility index (Phi) is 8.51. The lowest BCUT2D eigenvalue weighted by molar-refractivity contribution is -0.122. The molecule has 3 N–H and O–H groups in total. The molecule has 0 aliphatic carbocycles. The van der Waals surface area contributed by atoms with Crippen LogP contribution in [0.15, 0.2) is 24.3 Å². The van der Waals surface area contributed by atoms with E-state index in [9.17, 15) is 4.79 Å². The molecule has 0 aliphatic heterocycles. The summed E-state index contributed by atoms with van der Waals surface area (Å²) in [5, 5.41) is 3.64. The number of hydrogen-bond donors (Lipinski definition) is 3. The van der Waals surface area contributed by atoms with E-state index < -0.39 is 0 Å². The number of amides is 1. The second-order valence-corrected chi connectivity index (χ2v) is 7.16. The number of nitrogens with one attached hydrogen (secondary N) is 3. The second kappa shape index (κ2) is 10.9. The summed E-state index contributed by atoms with van der Waals surface area (Å²) >= 11 is 5.27. The number of carbonyl (C=O) groups excluding carboxylic acids is 1. The SMILES string of the molecule is CCCC[C@H](CC)CNC(=S)NNC(=O)Cn1c(CC)nc2ccccc21. The summed E-state index contributed by atoms with van der Waals surface area (Å²) in [5.41, 5.74) is 7.36. The molecule has 1 aromatic carbocycles. The van der Waals surface area contributed by atoms with Gasteiger partial charge in [-0.15, -0.1) is 0 Å². The van der Waals surface area contributed by atoms with Crippen molar-refractivity contribution in [3.63, 3.8) is 0 Å². The number of carbonyl (C=O) groups is 1. The molecule has 0 aliphatic rings. The topological polar surface area (TPSA) is 71.0 Å². The number of benzene rings is 1. The van der Waals surface area contributed by atoms with Crippen LogP contribution in [-0.4, -0.2) is 27.1 Å². The van der Waals surface area contributed by atoms with E-state index in [2.05, 4.69) is 35.0 Å². The maximum atomic E-state index is 12.4. The molecule has 27 heavy (non-hydrogen) atoms. The minimum absolute atomic E-state index is 0.157. The minimum Gasteiger partial charge on any atom is -0.361 e. The second-order valence-electron chi connectivity index (χ2n) is 6.76. The summed E-state index contributed by atoms with van der Waals surface area (Å²) in [7, 11) is 0. The lowest BCUT2D eigenvalue weighted by atomic mass is 9.99. The van der Waals surface area contributed by atoms with Crippen molar-refractivity contribution in [1.29, 1.82) is 0 Å². The van der Waals surface area contributed by atoms with E-state index in [0.717, 1.165) is 36.2 Å². The van der Waals surface area contributed by atoms with Crippen molar-refractivity contribution in [1.82, 2.24) is 25.7 Å². The summed E-state index contributed by atoms with van der Waals surface area (Å²) in [4.78, 5) is 16.9. The van der Waals surface area contributed by atoms with Crippen molar-refractivity contribution in [2.45, 2.75) is 59.4 Å². The standard InChI is InChI=1S/C20H31N5OS/c1-4-7-10-15(5-2)13-21-20(27)24-23-19(26)14-25-17-12-9-8-11-16(17)22-18(25)6-3/h8-9,11-12,15H,4-7,10,13-14H2,1-3H3,(H,23,26)(H2,21,24,27)/t15-/m0/s1. The molecular weight excluding hydrogens is 358 g/mol. The van der Waals surface area contributed by atoms with Gasteiger partial charge in [-0.05, 0) is 36.7 Å². The van der Waals surface area contributed by atoms with Gasteiger partial charge in [-0.25, -0.2) is 4.98 Å². The first-order valence-electron chi connectivity index (χ1n) is 9.85. The Balaban J connectivity index is 1.83. The van der Waals surface area contributed by atoms with Crippen LogP contribution in [0.25, 0.3) is 11.0 Å². The number of para-hydroxylation sites is 2.